The summed E-state index contributed by atoms with van der Waals surface area (Å²) in [7, 11) is 2.63. The number of ether oxygens (including phenoxy) is 2. The maximum Gasteiger partial charge on any atom is 0.334 e. The Labute approximate surface area is 105 Å². The number of nitrogens with zero attached hydrogens (tertiary/aromatic N) is 1. The molecule has 8 nitrogen and oxygen atoms in total. The van der Waals surface area contributed by atoms with Crippen molar-refractivity contribution in [2.24, 2.45) is 0 Å². The zero-order valence-electron chi connectivity index (χ0n) is 10.6. The van der Waals surface area contributed by atoms with E-state index < -0.39 is 24.1 Å². The van der Waals surface area contributed by atoms with Crippen LogP contribution in [-0.2, 0) is 19.1 Å². The van der Waals surface area contributed by atoms with E-state index in [0.29, 0.717) is 0 Å². The normalized spacial score (nSPS) is 11.5. The first-order chi connectivity index (χ1) is 8.42. The van der Waals surface area contributed by atoms with E-state index in [1.807, 2.05) is 0 Å². The Hall–Kier alpha value is -1.83. The van der Waals surface area contributed by atoms with Crippen LogP contribution in [0.2, 0.25) is 0 Å². The minimum atomic E-state index is -1.18. The Morgan fingerprint density at radius 2 is 2.00 bits per heavy atom. The molecule has 0 bridgehead atoms. The minimum absolute atomic E-state index is 0.183. The summed E-state index contributed by atoms with van der Waals surface area (Å²) in [6.45, 7) is 1.51. The standard InChI is InChI=1S/C10H18N2O6/c1-4-18-8(13)6-12(2)10(16)11-5-7(17-3)9(14)15/h7H,4-6H2,1-3H3,(H,11,16)(H,14,15). The van der Waals surface area contributed by atoms with E-state index in [1.165, 1.54) is 14.2 Å². The SMILES string of the molecule is CCOC(=O)CN(C)C(=O)NCC(OC)C(=O)O. The molecule has 18 heavy (non-hydrogen) atoms. The van der Waals surface area contributed by atoms with Crippen LogP contribution in [0.25, 0.3) is 0 Å². The number of aliphatic carboxylic acids is 1. The third-order valence-corrected chi connectivity index (χ3v) is 2.02. The molecule has 0 saturated carbocycles. The molecule has 1 atom stereocenters. The summed E-state index contributed by atoms with van der Waals surface area (Å²) in [5, 5.41) is 11.0. The number of nitrogens with one attached hydrogen (secondary N) is 1. The van der Waals surface area contributed by atoms with Gasteiger partial charge >= 0.3 is 18.0 Å². The molecule has 2 amide bonds. The fourth-order valence-corrected chi connectivity index (χ4v) is 1.06. The molecular weight excluding hydrogens is 244 g/mol. The molecule has 0 spiro atoms. The summed E-state index contributed by atoms with van der Waals surface area (Å²) in [4.78, 5) is 34.3. The zero-order chi connectivity index (χ0) is 14.1. The van der Waals surface area contributed by atoms with E-state index in [2.05, 4.69) is 14.8 Å². The van der Waals surface area contributed by atoms with E-state index >= 15 is 0 Å². The van der Waals surface area contributed by atoms with Gasteiger partial charge in [0.25, 0.3) is 0 Å². The average molecular weight is 262 g/mol. The first-order valence-corrected chi connectivity index (χ1v) is 5.32. The topological polar surface area (TPSA) is 105 Å². The second-order valence-corrected chi connectivity index (χ2v) is 3.41. The number of hydrogen-bond acceptors (Lipinski definition) is 5. The predicted octanol–water partition coefficient (Wildman–Crippen LogP) is -0.709. The lowest BCUT2D eigenvalue weighted by molar-refractivity contribution is -0.148. The van der Waals surface area contributed by atoms with Crippen molar-refractivity contribution in [1.29, 1.82) is 0 Å². The van der Waals surface area contributed by atoms with Crippen LogP contribution >= 0.6 is 0 Å². The molecule has 0 aromatic carbocycles. The summed E-state index contributed by atoms with van der Waals surface area (Å²) in [5.41, 5.74) is 0. The van der Waals surface area contributed by atoms with E-state index in [0.717, 1.165) is 4.90 Å². The fourth-order valence-electron chi connectivity index (χ4n) is 1.06. The Morgan fingerprint density at radius 1 is 1.39 bits per heavy atom. The van der Waals surface area contributed by atoms with Gasteiger partial charge in [0.2, 0.25) is 0 Å². The summed E-state index contributed by atoms with van der Waals surface area (Å²) < 4.78 is 9.31. The van der Waals surface area contributed by atoms with Crippen LogP contribution in [0.4, 0.5) is 4.79 Å². The molecule has 0 heterocycles. The average Bonchev–Trinajstić information content (AvgIpc) is 2.29. The number of carboxylic acid groups (broad SMARTS) is 1. The van der Waals surface area contributed by atoms with Gasteiger partial charge in [0.1, 0.15) is 6.54 Å². The van der Waals surface area contributed by atoms with Crippen LogP contribution in [0.15, 0.2) is 0 Å². The molecule has 1 unspecified atom stereocenters. The summed E-state index contributed by atoms with van der Waals surface area (Å²) in [6.07, 6.45) is -1.12. The van der Waals surface area contributed by atoms with Gasteiger partial charge in [-0.1, -0.05) is 0 Å². The first kappa shape index (κ1) is 16.2. The lowest BCUT2D eigenvalue weighted by atomic mass is 10.3. The Morgan fingerprint density at radius 3 is 2.44 bits per heavy atom. The minimum Gasteiger partial charge on any atom is -0.479 e. The van der Waals surface area contributed by atoms with Gasteiger partial charge in [0, 0.05) is 14.2 Å². The lowest BCUT2D eigenvalue weighted by Gasteiger charge is -2.18. The summed E-state index contributed by atoms with van der Waals surface area (Å²) >= 11 is 0. The second-order valence-electron chi connectivity index (χ2n) is 3.41. The molecule has 0 aliphatic carbocycles. The molecule has 104 valence electrons. The van der Waals surface area contributed by atoms with Crippen LogP contribution < -0.4 is 5.32 Å². The highest BCUT2D eigenvalue weighted by molar-refractivity contribution is 5.81. The smallest absolute Gasteiger partial charge is 0.334 e. The van der Waals surface area contributed by atoms with Gasteiger partial charge in [-0.15, -0.1) is 0 Å². The molecule has 0 aromatic heterocycles. The van der Waals surface area contributed by atoms with Gasteiger partial charge in [-0.05, 0) is 6.92 Å². The number of urea groups is 1. The number of carbonyl (C=O) groups excluding carboxylic acids is 2. The van der Waals surface area contributed by atoms with E-state index in [1.54, 1.807) is 6.92 Å². The monoisotopic (exact) mass is 262 g/mol. The number of esters is 1. The Kier molecular flexibility index (Phi) is 7.45. The fraction of sp³-hybridized carbons (Fsp3) is 0.700. The Bertz CT molecular complexity index is 307. The maximum atomic E-state index is 11.5. The largest absolute Gasteiger partial charge is 0.479 e. The summed E-state index contributed by atoms with van der Waals surface area (Å²) in [5.74, 6) is -1.71. The maximum absolute atomic E-state index is 11.5. The van der Waals surface area contributed by atoms with Crippen molar-refractivity contribution in [2.75, 3.05) is 33.9 Å². The molecule has 0 saturated heterocycles. The molecule has 0 radical (unpaired) electrons. The van der Waals surface area contributed by atoms with Crippen molar-refractivity contribution in [1.82, 2.24) is 10.2 Å². The van der Waals surface area contributed by atoms with E-state index in [-0.39, 0.29) is 19.7 Å². The predicted molar refractivity (Wildman–Crippen MR) is 61.1 cm³/mol. The van der Waals surface area contributed by atoms with Crippen molar-refractivity contribution in [3.05, 3.63) is 0 Å². The van der Waals surface area contributed by atoms with Crippen LogP contribution in [0.5, 0.6) is 0 Å². The van der Waals surface area contributed by atoms with Gasteiger partial charge in [-0.25, -0.2) is 9.59 Å². The number of rotatable bonds is 7. The van der Waals surface area contributed by atoms with Crippen molar-refractivity contribution >= 4 is 18.0 Å². The number of amides is 2. The molecule has 2 N–H and O–H groups in total. The number of methoxy groups -OCH3 is 1. The van der Waals surface area contributed by atoms with E-state index in [9.17, 15) is 14.4 Å². The van der Waals surface area contributed by atoms with Crippen LogP contribution in [0, 0.1) is 0 Å². The van der Waals surface area contributed by atoms with Crippen LogP contribution in [-0.4, -0.2) is 67.9 Å². The van der Waals surface area contributed by atoms with Gasteiger partial charge < -0.3 is 24.8 Å². The molecular formula is C10H18N2O6. The highest BCUT2D eigenvalue weighted by Crippen LogP contribution is 1.91. The van der Waals surface area contributed by atoms with Crippen LogP contribution in [0.1, 0.15) is 6.92 Å². The van der Waals surface area contributed by atoms with E-state index in [4.69, 9.17) is 5.11 Å². The van der Waals surface area contributed by atoms with Gasteiger partial charge in [-0.3, -0.25) is 4.79 Å². The lowest BCUT2D eigenvalue weighted by Crippen LogP contribution is -2.45. The summed E-state index contributed by atoms with van der Waals surface area (Å²) in [6, 6.07) is -0.577. The molecule has 0 aliphatic heterocycles. The number of likely N-dealkylation sites (N-methyl/N-ethyl adjacent to an activating group) is 1. The zero-order valence-corrected chi connectivity index (χ0v) is 10.6. The first-order valence-electron chi connectivity index (χ1n) is 5.32. The molecule has 0 aromatic rings. The molecule has 0 rings (SSSR count). The third kappa shape index (κ3) is 6.04. The molecule has 0 aliphatic rings. The number of carbonyl (C=O) groups is 3. The quantitative estimate of drug-likeness (QED) is 0.587. The Balaban J connectivity index is 4.08. The second kappa shape index (κ2) is 8.29. The number of carboxylic acids is 1. The van der Waals surface area contributed by atoms with Crippen LogP contribution in [0.3, 0.4) is 0 Å². The van der Waals surface area contributed by atoms with Gasteiger partial charge in [0.15, 0.2) is 6.10 Å². The van der Waals surface area contributed by atoms with Gasteiger partial charge in [-0.2, -0.15) is 0 Å². The van der Waals surface area contributed by atoms with Crippen molar-refractivity contribution in [2.45, 2.75) is 13.0 Å². The van der Waals surface area contributed by atoms with Crippen molar-refractivity contribution < 1.29 is 29.0 Å². The van der Waals surface area contributed by atoms with Crippen molar-refractivity contribution in [3.63, 3.8) is 0 Å². The molecule has 0 fully saturated rings. The molecule has 8 heteroatoms. The van der Waals surface area contributed by atoms with Crippen molar-refractivity contribution in [3.8, 4) is 0 Å². The number of hydrogen-bond donors (Lipinski definition) is 2. The van der Waals surface area contributed by atoms with Gasteiger partial charge in [0.05, 0.1) is 13.2 Å². The highest BCUT2D eigenvalue weighted by Gasteiger charge is 2.19. The highest BCUT2D eigenvalue weighted by atomic mass is 16.5. The third-order valence-electron chi connectivity index (χ3n) is 2.02.